The third-order valence-corrected chi connectivity index (χ3v) is 2.91. The van der Waals surface area contributed by atoms with Crippen LogP contribution >= 0.6 is 15.9 Å². The van der Waals surface area contributed by atoms with Gasteiger partial charge in [-0.25, -0.2) is 0 Å². The zero-order valence-corrected chi connectivity index (χ0v) is 10.8. The normalized spacial score (nSPS) is 12.4. The predicted molar refractivity (Wildman–Crippen MR) is 70.0 cm³/mol. The SMILES string of the molecule is C=CCCC(NCC)c1ccc(Br)cc1. The van der Waals surface area contributed by atoms with Crippen LogP contribution in [-0.4, -0.2) is 6.54 Å². The van der Waals surface area contributed by atoms with Crippen LogP contribution in [0.25, 0.3) is 0 Å². The van der Waals surface area contributed by atoms with E-state index in [9.17, 15) is 0 Å². The quantitative estimate of drug-likeness (QED) is 0.767. The van der Waals surface area contributed by atoms with E-state index >= 15 is 0 Å². The summed E-state index contributed by atoms with van der Waals surface area (Å²) in [6.07, 6.45) is 4.13. The fourth-order valence-corrected chi connectivity index (χ4v) is 1.88. The minimum Gasteiger partial charge on any atom is -0.310 e. The van der Waals surface area contributed by atoms with Crippen LogP contribution in [0, 0.1) is 0 Å². The summed E-state index contributed by atoms with van der Waals surface area (Å²) in [6.45, 7) is 6.90. The van der Waals surface area contributed by atoms with Gasteiger partial charge in [-0.05, 0) is 37.1 Å². The highest BCUT2D eigenvalue weighted by Gasteiger charge is 2.08. The van der Waals surface area contributed by atoms with Crippen LogP contribution < -0.4 is 5.32 Å². The van der Waals surface area contributed by atoms with Gasteiger partial charge in [0.2, 0.25) is 0 Å². The lowest BCUT2D eigenvalue weighted by Gasteiger charge is -2.17. The summed E-state index contributed by atoms with van der Waals surface area (Å²) in [5, 5.41) is 3.49. The zero-order chi connectivity index (χ0) is 11.1. The Hall–Kier alpha value is -0.600. The maximum absolute atomic E-state index is 3.77. The molecule has 0 aliphatic rings. The Balaban J connectivity index is 2.69. The number of allylic oxidation sites excluding steroid dienone is 1. The van der Waals surface area contributed by atoms with Crippen LogP contribution in [0.15, 0.2) is 41.4 Å². The molecule has 0 radical (unpaired) electrons. The third kappa shape index (κ3) is 4.18. The molecule has 0 heterocycles. The first-order valence-electron chi connectivity index (χ1n) is 5.37. The summed E-state index contributed by atoms with van der Waals surface area (Å²) in [4.78, 5) is 0. The Morgan fingerprint density at radius 1 is 1.40 bits per heavy atom. The molecule has 1 N–H and O–H groups in total. The molecule has 15 heavy (non-hydrogen) atoms. The average molecular weight is 268 g/mol. The first-order chi connectivity index (χ1) is 7.27. The van der Waals surface area contributed by atoms with Crippen LogP contribution in [0.2, 0.25) is 0 Å². The van der Waals surface area contributed by atoms with Gasteiger partial charge >= 0.3 is 0 Å². The second-order valence-electron chi connectivity index (χ2n) is 3.53. The van der Waals surface area contributed by atoms with E-state index in [2.05, 4.69) is 59.0 Å². The Morgan fingerprint density at radius 2 is 2.07 bits per heavy atom. The summed E-state index contributed by atoms with van der Waals surface area (Å²) < 4.78 is 1.13. The highest BCUT2D eigenvalue weighted by molar-refractivity contribution is 9.10. The van der Waals surface area contributed by atoms with E-state index in [1.807, 2.05) is 6.08 Å². The van der Waals surface area contributed by atoms with E-state index in [0.29, 0.717) is 6.04 Å². The van der Waals surface area contributed by atoms with Crippen molar-refractivity contribution in [1.82, 2.24) is 5.32 Å². The third-order valence-electron chi connectivity index (χ3n) is 2.38. The zero-order valence-electron chi connectivity index (χ0n) is 9.17. The molecule has 2 heteroatoms. The van der Waals surface area contributed by atoms with Crippen LogP contribution in [0.3, 0.4) is 0 Å². The molecule has 0 amide bonds. The standard InChI is InChI=1S/C13H18BrN/c1-3-5-6-13(15-4-2)11-7-9-12(14)10-8-11/h3,7-10,13,15H,1,4-6H2,2H3. The summed E-state index contributed by atoms with van der Waals surface area (Å²) >= 11 is 3.45. The monoisotopic (exact) mass is 267 g/mol. The molecule has 82 valence electrons. The van der Waals surface area contributed by atoms with E-state index in [1.165, 1.54) is 5.56 Å². The highest BCUT2D eigenvalue weighted by Crippen LogP contribution is 2.20. The number of halogens is 1. The smallest absolute Gasteiger partial charge is 0.0323 e. The predicted octanol–water partition coefficient (Wildman–Crippen LogP) is 4.07. The molecule has 1 unspecified atom stereocenters. The molecule has 0 aliphatic heterocycles. The van der Waals surface area contributed by atoms with Crippen molar-refractivity contribution in [3.8, 4) is 0 Å². The topological polar surface area (TPSA) is 12.0 Å². The van der Waals surface area contributed by atoms with Gasteiger partial charge in [-0.15, -0.1) is 6.58 Å². The Labute approximate surface area is 101 Å². The van der Waals surface area contributed by atoms with Crippen molar-refractivity contribution in [1.29, 1.82) is 0 Å². The summed E-state index contributed by atoms with van der Waals surface area (Å²) in [5.41, 5.74) is 1.35. The van der Waals surface area contributed by atoms with Gasteiger partial charge in [0.15, 0.2) is 0 Å². The minimum atomic E-state index is 0.445. The fourth-order valence-electron chi connectivity index (χ4n) is 1.61. The van der Waals surface area contributed by atoms with Gasteiger partial charge in [-0.3, -0.25) is 0 Å². The van der Waals surface area contributed by atoms with Crippen molar-refractivity contribution in [2.45, 2.75) is 25.8 Å². The summed E-state index contributed by atoms with van der Waals surface area (Å²) in [5.74, 6) is 0. The lowest BCUT2D eigenvalue weighted by Crippen LogP contribution is -2.20. The number of hydrogen-bond donors (Lipinski definition) is 1. The van der Waals surface area contributed by atoms with Gasteiger partial charge in [-0.2, -0.15) is 0 Å². The first-order valence-corrected chi connectivity index (χ1v) is 6.17. The molecule has 1 rings (SSSR count). The maximum atomic E-state index is 3.77. The second-order valence-corrected chi connectivity index (χ2v) is 4.44. The van der Waals surface area contributed by atoms with Crippen molar-refractivity contribution in [2.75, 3.05) is 6.54 Å². The molecular formula is C13H18BrN. The minimum absolute atomic E-state index is 0.445. The molecule has 1 aromatic rings. The van der Waals surface area contributed by atoms with E-state index in [4.69, 9.17) is 0 Å². The lowest BCUT2D eigenvalue weighted by molar-refractivity contribution is 0.520. The first kappa shape index (κ1) is 12.5. The Morgan fingerprint density at radius 3 is 2.60 bits per heavy atom. The van der Waals surface area contributed by atoms with E-state index in [1.54, 1.807) is 0 Å². The number of hydrogen-bond acceptors (Lipinski definition) is 1. The van der Waals surface area contributed by atoms with Gasteiger partial charge in [0.05, 0.1) is 0 Å². The lowest BCUT2D eigenvalue weighted by atomic mass is 10.0. The average Bonchev–Trinajstić information content (AvgIpc) is 2.25. The molecule has 0 bridgehead atoms. The maximum Gasteiger partial charge on any atom is 0.0323 e. The molecule has 1 atom stereocenters. The van der Waals surface area contributed by atoms with Crippen LogP contribution in [0.5, 0.6) is 0 Å². The molecule has 0 saturated heterocycles. The van der Waals surface area contributed by atoms with Crippen molar-refractivity contribution in [3.63, 3.8) is 0 Å². The van der Waals surface area contributed by atoms with E-state index in [0.717, 1.165) is 23.9 Å². The number of nitrogens with one attached hydrogen (secondary N) is 1. The van der Waals surface area contributed by atoms with Crippen molar-refractivity contribution in [3.05, 3.63) is 47.0 Å². The van der Waals surface area contributed by atoms with Crippen LogP contribution in [-0.2, 0) is 0 Å². The number of rotatable bonds is 6. The summed E-state index contributed by atoms with van der Waals surface area (Å²) in [6, 6.07) is 8.96. The second kappa shape index (κ2) is 6.81. The molecule has 0 spiro atoms. The van der Waals surface area contributed by atoms with Gasteiger partial charge in [-0.1, -0.05) is 41.1 Å². The molecule has 0 aliphatic carbocycles. The molecule has 1 aromatic carbocycles. The number of benzene rings is 1. The Bertz CT molecular complexity index is 292. The molecular weight excluding hydrogens is 250 g/mol. The highest BCUT2D eigenvalue weighted by atomic mass is 79.9. The molecule has 0 aromatic heterocycles. The molecule has 0 saturated carbocycles. The van der Waals surface area contributed by atoms with Crippen molar-refractivity contribution < 1.29 is 0 Å². The largest absolute Gasteiger partial charge is 0.310 e. The molecule has 1 nitrogen and oxygen atoms in total. The van der Waals surface area contributed by atoms with Crippen molar-refractivity contribution in [2.24, 2.45) is 0 Å². The summed E-state index contributed by atoms with van der Waals surface area (Å²) in [7, 11) is 0. The Kier molecular flexibility index (Phi) is 5.66. The fraction of sp³-hybridized carbons (Fsp3) is 0.385. The van der Waals surface area contributed by atoms with E-state index in [-0.39, 0.29) is 0 Å². The van der Waals surface area contributed by atoms with Gasteiger partial charge < -0.3 is 5.32 Å². The van der Waals surface area contributed by atoms with Crippen LogP contribution in [0.1, 0.15) is 31.4 Å². The van der Waals surface area contributed by atoms with E-state index < -0.39 is 0 Å². The van der Waals surface area contributed by atoms with Gasteiger partial charge in [0.1, 0.15) is 0 Å². The van der Waals surface area contributed by atoms with Crippen molar-refractivity contribution >= 4 is 15.9 Å². The van der Waals surface area contributed by atoms with Gasteiger partial charge in [0, 0.05) is 10.5 Å². The van der Waals surface area contributed by atoms with Crippen LogP contribution in [0.4, 0.5) is 0 Å². The van der Waals surface area contributed by atoms with Gasteiger partial charge in [0.25, 0.3) is 0 Å². The molecule has 0 fully saturated rings.